The minimum Gasteiger partial charge on any atom is -0.378 e. The Morgan fingerprint density at radius 2 is 2.00 bits per heavy atom. The van der Waals surface area contributed by atoms with Crippen molar-refractivity contribution in [1.29, 1.82) is 0 Å². The van der Waals surface area contributed by atoms with Crippen molar-refractivity contribution in [3.8, 4) is 0 Å². The van der Waals surface area contributed by atoms with Crippen LogP contribution < -0.4 is 10.6 Å². The minimum atomic E-state index is -0.531. The van der Waals surface area contributed by atoms with Crippen molar-refractivity contribution in [1.82, 2.24) is 5.32 Å². The summed E-state index contributed by atoms with van der Waals surface area (Å²) in [6.45, 7) is 1.47. The number of rotatable bonds is 4. The van der Waals surface area contributed by atoms with E-state index < -0.39 is 6.23 Å². The summed E-state index contributed by atoms with van der Waals surface area (Å²) in [5.41, 5.74) is 1.79. The van der Waals surface area contributed by atoms with Crippen molar-refractivity contribution in [2.24, 2.45) is 0 Å². The molecule has 1 unspecified atom stereocenters. The molecule has 0 aliphatic heterocycles. The molecule has 0 saturated carbocycles. The third-order valence-corrected chi connectivity index (χ3v) is 2.04. The number of hydrogen-bond donors (Lipinski definition) is 3. The number of anilines is 1. The molecule has 15 heavy (non-hydrogen) atoms. The van der Waals surface area contributed by atoms with E-state index >= 15 is 0 Å². The maximum absolute atomic E-state index is 10.8. The maximum atomic E-state index is 10.8. The van der Waals surface area contributed by atoms with Crippen molar-refractivity contribution in [3.63, 3.8) is 0 Å². The lowest BCUT2D eigenvalue weighted by Crippen LogP contribution is -2.26. The Morgan fingerprint density at radius 3 is 2.47 bits per heavy atom. The highest BCUT2D eigenvalue weighted by Gasteiger charge is 2.02. The van der Waals surface area contributed by atoms with Crippen LogP contribution in [0.2, 0.25) is 0 Å². The summed E-state index contributed by atoms with van der Waals surface area (Å²) >= 11 is 0. The maximum Gasteiger partial charge on any atom is 0.221 e. The van der Waals surface area contributed by atoms with Crippen LogP contribution in [0.1, 0.15) is 12.5 Å². The van der Waals surface area contributed by atoms with Gasteiger partial charge in [-0.25, -0.2) is 0 Å². The average Bonchev–Trinajstić information content (AvgIpc) is 2.20. The Balaban J connectivity index is 2.60. The molecule has 0 radical (unpaired) electrons. The molecule has 0 aliphatic carbocycles. The van der Waals surface area contributed by atoms with Gasteiger partial charge in [-0.15, -0.1) is 0 Å². The van der Waals surface area contributed by atoms with Gasteiger partial charge >= 0.3 is 0 Å². The molecule has 3 N–H and O–H groups in total. The molecule has 1 aromatic carbocycles. The van der Waals surface area contributed by atoms with Crippen LogP contribution >= 0.6 is 0 Å². The first-order valence-corrected chi connectivity index (χ1v) is 4.83. The van der Waals surface area contributed by atoms with E-state index in [2.05, 4.69) is 10.6 Å². The summed E-state index contributed by atoms with van der Waals surface area (Å²) < 4.78 is 0. The van der Waals surface area contributed by atoms with Crippen LogP contribution in [-0.2, 0) is 11.2 Å². The van der Waals surface area contributed by atoms with Gasteiger partial charge in [0.15, 0.2) is 0 Å². The first-order valence-electron chi connectivity index (χ1n) is 4.83. The first kappa shape index (κ1) is 11.7. The van der Waals surface area contributed by atoms with Gasteiger partial charge in [0.2, 0.25) is 5.91 Å². The summed E-state index contributed by atoms with van der Waals surface area (Å²) in [5.74, 6) is -0.0852. The van der Waals surface area contributed by atoms with E-state index in [4.69, 9.17) is 0 Å². The van der Waals surface area contributed by atoms with Crippen molar-refractivity contribution >= 4 is 11.6 Å². The van der Waals surface area contributed by atoms with E-state index in [1.807, 2.05) is 24.3 Å². The zero-order valence-corrected chi connectivity index (χ0v) is 8.95. The summed E-state index contributed by atoms with van der Waals surface area (Å²) in [7, 11) is 1.70. The smallest absolute Gasteiger partial charge is 0.221 e. The number of aliphatic hydroxyl groups excluding tert-OH is 1. The molecule has 1 aromatic rings. The predicted molar refractivity (Wildman–Crippen MR) is 59.5 cm³/mol. The zero-order chi connectivity index (χ0) is 11.3. The van der Waals surface area contributed by atoms with Crippen LogP contribution in [0.5, 0.6) is 0 Å². The first-order chi connectivity index (χ1) is 7.11. The highest BCUT2D eigenvalue weighted by molar-refractivity contribution is 5.88. The van der Waals surface area contributed by atoms with E-state index in [0.717, 1.165) is 11.3 Å². The SMILES string of the molecule is CNC(O)Cc1ccc(NC(C)=O)cc1. The molecule has 0 fully saturated rings. The van der Waals surface area contributed by atoms with E-state index in [1.54, 1.807) is 7.05 Å². The topological polar surface area (TPSA) is 61.4 Å². The van der Waals surface area contributed by atoms with Gasteiger partial charge in [-0.05, 0) is 24.7 Å². The highest BCUT2D eigenvalue weighted by atomic mass is 16.3. The summed E-state index contributed by atoms with van der Waals surface area (Å²) in [6.07, 6.45) is 0.0215. The number of hydrogen-bond acceptors (Lipinski definition) is 3. The largest absolute Gasteiger partial charge is 0.378 e. The summed E-state index contributed by atoms with van der Waals surface area (Å²) in [6, 6.07) is 7.40. The van der Waals surface area contributed by atoms with Crippen molar-refractivity contribution in [3.05, 3.63) is 29.8 Å². The molecule has 4 nitrogen and oxygen atoms in total. The van der Waals surface area contributed by atoms with E-state index in [9.17, 15) is 9.90 Å². The van der Waals surface area contributed by atoms with Gasteiger partial charge in [-0.1, -0.05) is 12.1 Å². The number of carbonyl (C=O) groups excluding carboxylic acids is 1. The Hall–Kier alpha value is -1.39. The molecule has 0 spiro atoms. The van der Waals surface area contributed by atoms with Crippen LogP contribution in [-0.4, -0.2) is 24.3 Å². The number of amides is 1. The molecule has 4 heteroatoms. The minimum absolute atomic E-state index is 0.0852. The Kier molecular flexibility index (Phi) is 4.27. The van der Waals surface area contributed by atoms with Crippen LogP contribution in [0.3, 0.4) is 0 Å². The van der Waals surface area contributed by atoms with Gasteiger partial charge in [0.25, 0.3) is 0 Å². The number of aliphatic hydroxyl groups is 1. The molecular weight excluding hydrogens is 192 g/mol. The normalized spacial score (nSPS) is 12.2. The summed E-state index contributed by atoms with van der Waals surface area (Å²) in [5, 5.41) is 14.8. The molecule has 0 bridgehead atoms. The van der Waals surface area contributed by atoms with Crippen LogP contribution in [0.4, 0.5) is 5.69 Å². The Bertz CT molecular complexity index is 322. The van der Waals surface area contributed by atoms with Crippen molar-refractivity contribution < 1.29 is 9.90 Å². The number of nitrogens with one attached hydrogen (secondary N) is 2. The quantitative estimate of drug-likeness (QED) is 0.639. The molecule has 0 aromatic heterocycles. The second-order valence-electron chi connectivity index (χ2n) is 3.39. The molecule has 1 atom stereocenters. The number of benzene rings is 1. The summed E-state index contributed by atoms with van der Waals surface area (Å²) in [4.78, 5) is 10.8. The zero-order valence-electron chi connectivity index (χ0n) is 8.95. The standard InChI is InChI=1S/C11H16N2O2/c1-8(14)13-10-5-3-9(4-6-10)7-11(15)12-2/h3-6,11-12,15H,7H2,1-2H3,(H,13,14). The molecule has 1 amide bonds. The molecule has 0 saturated heterocycles. The van der Waals surface area contributed by atoms with Crippen molar-refractivity contribution in [2.75, 3.05) is 12.4 Å². The van der Waals surface area contributed by atoms with Crippen LogP contribution in [0, 0.1) is 0 Å². The van der Waals surface area contributed by atoms with Crippen molar-refractivity contribution in [2.45, 2.75) is 19.6 Å². The van der Waals surface area contributed by atoms with Gasteiger partial charge in [-0.3, -0.25) is 10.1 Å². The fourth-order valence-corrected chi connectivity index (χ4v) is 1.25. The molecule has 0 aliphatic rings. The number of carbonyl (C=O) groups is 1. The lowest BCUT2D eigenvalue weighted by atomic mass is 10.1. The van der Waals surface area contributed by atoms with E-state index in [1.165, 1.54) is 6.92 Å². The van der Waals surface area contributed by atoms with Crippen LogP contribution in [0.15, 0.2) is 24.3 Å². The Morgan fingerprint density at radius 1 is 1.40 bits per heavy atom. The van der Waals surface area contributed by atoms with Crippen LogP contribution in [0.25, 0.3) is 0 Å². The van der Waals surface area contributed by atoms with Gasteiger partial charge < -0.3 is 10.4 Å². The molecular formula is C11H16N2O2. The Labute approximate surface area is 89.3 Å². The van der Waals surface area contributed by atoms with E-state index in [0.29, 0.717) is 6.42 Å². The lowest BCUT2D eigenvalue weighted by molar-refractivity contribution is -0.114. The average molecular weight is 208 g/mol. The lowest BCUT2D eigenvalue weighted by Gasteiger charge is -2.09. The second-order valence-corrected chi connectivity index (χ2v) is 3.39. The van der Waals surface area contributed by atoms with Gasteiger partial charge in [0.1, 0.15) is 6.23 Å². The molecule has 0 heterocycles. The molecule has 82 valence electrons. The van der Waals surface area contributed by atoms with E-state index in [-0.39, 0.29) is 5.91 Å². The monoisotopic (exact) mass is 208 g/mol. The van der Waals surface area contributed by atoms with Gasteiger partial charge in [0, 0.05) is 19.0 Å². The third kappa shape index (κ3) is 4.10. The fraction of sp³-hybridized carbons (Fsp3) is 0.364. The molecule has 1 rings (SSSR count). The number of likely N-dealkylation sites (N-methyl/N-ethyl adjacent to an activating group) is 1. The van der Waals surface area contributed by atoms with Gasteiger partial charge in [-0.2, -0.15) is 0 Å². The third-order valence-electron chi connectivity index (χ3n) is 2.04. The predicted octanol–water partition coefficient (Wildman–Crippen LogP) is 0.725. The second kappa shape index (κ2) is 5.48. The van der Waals surface area contributed by atoms with Gasteiger partial charge in [0.05, 0.1) is 0 Å². The highest BCUT2D eigenvalue weighted by Crippen LogP contribution is 2.10. The fourth-order valence-electron chi connectivity index (χ4n) is 1.25.